The fourth-order valence-electron chi connectivity index (χ4n) is 2.25. The maximum atomic E-state index is 9.60. The summed E-state index contributed by atoms with van der Waals surface area (Å²) >= 11 is 3.42. The van der Waals surface area contributed by atoms with Crippen LogP contribution in [0.15, 0.2) is 27.1 Å². The molecule has 0 saturated carbocycles. The summed E-state index contributed by atoms with van der Waals surface area (Å²) in [5, 5.41) is 20.6. The average molecular weight is 323 g/mol. The van der Waals surface area contributed by atoms with Crippen LogP contribution >= 0.6 is 15.9 Å². The lowest BCUT2D eigenvalue weighted by Crippen LogP contribution is -1.93. The van der Waals surface area contributed by atoms with Gasteiger partial charge in [0.2, 0.25) is 6.79 Å². The van der Waals surface area contributed by atoms with Crippen molar-refractivity contribution in [2.45, 2.75) is 0 Å². The molecule has 19 heavy (non-hydrogen) atoms. The number of phenolic OH excluding ortho intramolecular Hbond substituents is 2. The van der Waals surface area contributed by atoms with E-state index in [2.05, 4.69) is 15.9 Å². The Morgan fingerprint density at radius 2 is 1.79 bits per heavy atom. The second-order valence-corrected chi connectivity index (χ2v) is 5.03. The molecule has 2 N–H and O–H groups in total. The Bertz CT molecular complexity index is 836. The van der Waals surface area contributed by atoms with Gasteiger partial charge >= 0.3 is 0 Å². The van der Waals surface area contributed by atoms with Gasteiger partial charge in [0.15, 0.2) is 28.6 Å². The number of rotatable bonds is 0. The SMILES string of the molecule is Oc1cc2oc3c(Br)c4c(cc3c2cc1O)OCO4. The van der Waals surface area contributed by atoms with E-state index in [9.17, 15) is 10.2 Å². The quantitative estimate of drug-likeness (QED) is 0.620. The van der Waals surface area contributed by atoms with Gasteiger partial charge in [0.05, 0.1) is 0 Å². The van der Waals surface area contributed by atoms with Crippen LogP contribution in [0.25, 0.3) is 21.9 Å². The number of hydrogen-bond acceptors (Lipinski definition) is 5. The molecule has 6 heteroatoms. The van der Waals surface area contributed by atoms with Crippen molar-refractivity contribution in [2.75, 3.05) is 6.79 Å². The van der Waals surface area contributed by atoms with E-state index in [1.165, 1.54) is 12.1 Å². The summed E-state index contributed by atoms with van der Waals surface area (Å²) in [6.45, 7) is 0.171. The van der Waals surface area contributed by atoms with Crippen LogP contribution in [0, 0.1) is 0 Å². The number of hydrogen-bond donors (Lipinski definition) is 2. The molecule has 1 aromatic heterocycles. The minimum atomic E-state index is -0.220. The van der Waals surface area contributed by atoms with Crippen molar-refractivity contribution < 1.29 is 24.1 Å². The molecule has 2 heterocycles. The van der Waals surface area contributed by atoms with Crippen molar-refractivity contribution in [2.24, 2.45) is 0 Å². The number of fused-ring (bicyclic) bond motifs is 4. The topological polar surface area (TPSA) is 72.1 Å². The molecular formula is C13H7BrO5. The lowest BCUT2D eigenvalue weighted by Gasteiger charge is -1.99. The van der Waals surface area contributed by atoms with Gasteiger partial charge in [0.25, 0.3) is 0 Å². The predicted octanol–water partition coefficient (Wildman–Crippen LogP) is 3.49. The van der Waals surface area contributed by atoms with Gasteiger partial charge in [-0.2, -0.15) is 0 Å². The summed E-state index contributed by atoms with van der Waals surface area (Å²) in [6.07, 6.45) is 0. The molecule has 1 aliphatic rings. The number of aromatic hydroxyl groups is 2. The Morgan fingerprint density at radius 3 is 2.63 bits per heavy atom. The highest BCUT2D eigenvalue weighted by atomic mass is 79.9. The molecule has 0 radical (unpaired) electrons. The highest BCUT2D eigenvalue weighted by molar-refractivity contribution is 9.10. The summed E-state index contributed by atoms with van der Waals surface area (Å²) in [7, 11) is 0. The molecule has 96 valence electrons. The maximum absolute atomic E-state index is 9.60. The van der Waals surface area contributed by atoms with Crippen LogP contribution in [0.4, 0.5) is 0 Å². The first kappa shape index (κ1) is 10.8. The Hall–Kier alpha value is -2.08. The van der Waals surface area contributed by atoms with Crippen LogP contribution in [-0.2, 0) is 0 Å². The van der Waals surface area contributed by atoms with Gasteiger partial charge < -0.3 is 24.1 Å². The zero-order valence-electron chi connectivity index (χ0n) is 9.44. The lowest BCUT2D eigenvalue weighted by molar-refractivity contribution is 0.173. The Morgan fingerprint density at radius 1 is 1.00 bits per heavy atom. The first-order valence-corrected chi connectivity index (χ1v) is 6.31. The summed E-state index contributed by atoms with van der Waals surface area (Å²) < 4.78 is 17.1. The lowest BCUT2D eigenvalue weighted by atomic mass is 10.1. The van der Waals surface area contributed by atoms with Gasteiger partial charge in [-0.15, -0.1) is 0 Å². The smallest absolute Gasteiger partial charge is 0.231 e. The second kappa shape index (κ2) is 3.48. The molecule has 0 atom stereocenters. The number of benzene rings is 2. The van der Waals surface area contributed by atoms with Crippen LogP contribution in [0.1, 0.15) is 0 Å². The highest BCUT2D eigenvalue weighted by Crippen LogP contribution is 2.47. The van der Waals surface area contributed by atoms with E-state index in [-0.39, 0.29) is 18.3 Å². The van der Waals surface area contributed by atoms with Gasteiger partial charge in [0.1, 0.15) is 10.1 Å². The first-order chi connectivity index (χ1) is 9.15. The van der Waals surface area contributed by atoms with E-state index in [4.69, 9.17) is 13.9 Å². The van der Waals surface area contributed by atoms with Crippen molar-refractivity contribution >= 4 is 37.9 Å². The van der Waals surface area contributed by atoms with Crippen molar-refractivity contribution in [3.05, 3.63) is 22.7 Å². The third-order valence-electron chi connectivity index (χ3n) is 3.14. The van der Waals surface area contributed by atoms with E-state index in [1.807, 2.05) is 0 Å². The van der Waals surface area contributed by atoms with Gasteiger partial charge in [-0.1, -0.05) is 0 Å². The van der Waals surface area contributed by atoms with E-state index in [0.717, 1.165) is 5.39 Å². The molecule has 0 saturated heterocycles. The molecule has 1 aliphatic heterocycles. The standard InChI is InChI=1S/C13H7BrO5/c14-11-12-6(2-10-13(11)18-4-17-10)5-1-7(15)8(16)3-9(5)19-12/h1-3,15-16H,4H2. The van der Waals surface area contributed by atoms with Crippen LogP contribution < -0.4 is 9.47 Å². The molecule has 0 unspecified atom stereocenters. The Balaban J connectivity index is 2.19. The van der Waals surface area contributed by atoms with Gasteiger partial charge in [-0.05, 0) is 28.1 Å². The fraction of sp³-hybridized carbons (Fsp3) is 0.0769. The van der Waals surface area contributed by atoms with Gasteiger partial charge in [0, 0.05) is 16.8 Å². The zero-order chi connectivity index (χ0) is 13.1. The number of ether oxygens (including phenoxy) is 2. The second-order valence-electron chi connectivity index (χ2n) is 4.24. The molecule has 3 aromatic rings. The maximum Gasteiger partial charge on any atom is 0.231 e. The molecule has 0 fully saturated rings. The van der Waals surface area contributed by atoms with Crippen LogP contribution in [0.5, 0.6) is 23.0 Å². The molecule has 4 rings (SSSR count). The summed E-state index contributed by atoms with van der Waals surface area (Å²) in [4.78, 5) is 0. The predicted molar refractivity (Wildman–Crippen MR) is 70.9 cm³/mol. The summed E-state index contributed by atoms with van der Waals surface area (Å²) in [5.41, 5.74) is 1.07. The first-order valence-electron chi connectivity index (χ1n) is 5.51. The zero-order valence-corrected chi connectivity index (χ0v) is 11.0. The van der Waals surface area contributed by atoms with Crippen molar-refractivity contribution in [3.63, 3.8) is 0 Å². The number of furan rings is 1. The van der Waals surface area contributed by atoms with Crippen LogP contribution in [0.3, 0.4) is 0 Å². The van der Waals surface area contributed by atoms with Crippen molar-refractivity contribution in [1.82, 2.24) is 0 Å². The van der Waals surface area contributed by atoms with Gasteiger partial charge in [-0.25, -0.2) is 0 Å². The minimum absolute atomic E-state index is 0.171. The third kappa shape index (κ3) is 1.34. The van der Waals surface area contributed by atoms with Crippen molar-refractivity contribution in [1.29, 1.82) is 0 Å². The molecule has 0 bridgehead atoms. The Labute approximate surface area is 115 Å². The highest BCUT2D eigenvalue weighted by Gasteiger charge is 2.23. The molecule has 5 nitrogen and oxygen atoms in total. The molecule has 0 aliphatic carbocycles. The summed E-state index contributed by atoms with van der Waals surface area (Å²) in [6, 6.07) is 4.64. The van der Waals surface area contributed by atoms with Crippen molar-refractivity contribution in [3.8, 4) is 23.0 Å². The number of phenols is 2. The largest absolute Gasteiger partial charge is 0.504 e. The van der Waals surface area contributed by atoms with Crippen LogP contribution in [-0.4, -0.2) is 17.0 Å². The monoisotopic (exact) mass is 322 g/mol. The summed E-state index contributed by atoms with van der Waals surface area (Å²) in [5.74, 6) is 0.807. The van der Waals surface area contributed by atoms with E-state index in [0.29, 0.717) is 32.5 Å². The van der Waals surface area contributed by atoms with E-state index >= 15 is 0 Å². The van der Waals surface area contributed by atoms with E-state index < -0.39 is 0 Å². The van der Waals surface area contributed by atoms with E-state index in [1.54, 1.807) is 6.07 Å². The third-order valence-corrected chi connectivity index (χ3v) is 3.86. The molecular weight excluding hydrogens is 316 g/mol. The Kier molecular flexibility index (Phi) is 1.98. The fourth-order valence-corrected chi connectivity index (χ4v) is 2.85. The average Bonchev–Trinajstić information content (AvgIpc) is 2.96. The molecule has 0 amide bonds. The number of halogens is 1. The molecule has 2 aromatic carbocycles. The normalized spacial score (nSPS) is 13.5. The molecule has 0 spiro atoms. The van der Waals surface area contributed by atoms with Gasteiger partial charge in [-0.3, -0.25) is 0 Å². The minimum Gasteiger partial charge on any atom is -0.504 e. The van der Waals surface area contributed by atoms with Crippen LogP contribution in [0.2, 0.25) is 0 Å².